The monoisotopic (exact) mass is 1210 g/mol. The van der Waals surface area contributed by atoms with Crippen molar-refractivity contribution in [1.29, 1.82) is 0 Å². The second-order valence-corrected chi connectivity index (χ2v) is 21.7. The number of carbonyl (C=O) groups excluding carboxylic acids is 2. The third-order valence-corrected chi connectivity index (χ3v) is 15.2. The van der Waals surface area contributed by atoms with Gasteiger partial charge >= 0.3 is 11.9 Å². The van der Waals surface area contributed by atoms with Gasteiger partial charge in [0.25, 0.3) is 11.6 Å². The van der Waals surface area contributed by atoms with Crippen LogP contribution in [0.1, 0.15) is 111 Å². The highest BCUT2D eigenvalue weighted by Crippen LogP contribution is 2.41. The number of hydrogen-bond acceptors (Lipinski definition) is 27. The Morgan fingerprint density at radius 1 is 0.639 bits per heavy atom. The van der Waals surface area contributed by atoms with Gasteiger partial charge in [-0.25, -0.2) is 9.59 Å². The summed E-state index contributed by atoms with van der Waals surface area (Å²) in [6.07, 6.45) is -24.8. The molecule has 0 aliphatic carbocycles. The fourth-order valence-electron chi connectivity index (χ4n) is 10.5. The number of nitrogens with one attached hydrogen (secondary N) is 2. The highest BCUT2D eigenvalue weighted by molar-refractivity contribution is 5.77. The lowest BCUT2D eigenvalue weighted by molar-refractivity contribution is -0.388. The van der Waals surface area contributed by atoms with Gasteiger partial charge in [0.2, 0.25) is 11.8 Å². The van der Waals surface area contributed by atoms with E-state index in [0.717, 1.165) is 33.1 Å². The molecule has 0 bridgehead atoms. The zero-order valence-electron chi connectivity index (χ0n) is 46.9. The Bertz CT molecular complexity index is 2000. The molecule has 4 saturated heterocycles. The summed E-state index contributed by atoms with van der Waals surface area (Å²) in [5.41, 5.74) is 6.15. The largest absolute Gasteiger partial charge is 0.477 e. The molecule has 31 nitrogen and oxygen atoms in total. The summed E-state index contributed by atoms with van der Waals surface area (Å²) < 4.78 is 45.4. The van der Waals surface area contributed by atoms with Gasteiger partial charge in [0.15, 0.2) is 12.6 Å². The number of ether oxygens (including phenoxy) is 8. The van der Waals surface area contributed by atoms with Crippen LogP contribution in [0.25, 0.3) is 0 Å². The number of unbranched alkanes of at least 4 members (excludes halogenated alkanes) is 11. The number of aliphatic carboxylic acids is 2. The molecule has 0 spiro atoms. The van der Waals surface area contributed by atoms with Crippen LogP contribution in [0.15, 0.2) is 12.2 Å². The Morgan fingerprint density at radius 2 is 1.14 bits per heavy atom. The number of nitrogens with two attached hydrogens (primary N) is 1. The van der Waals surface area contributed by atoms with E-state index >= 15 is 0 Å². The van der Waals surface area contributed by atoms with Crippen LogP contribution in [-0.2, 0) is 57.1 Å². The minimum atomic E-state index is -3.36. The van der Waals surface area contributed by atoms with Crippen LogP contribution in [0, 0.1) is 0 Å². The predicted molar refractivity (Wildman–Crippen MR) is 279 cm³/mol. The lowest BCUT2D eigenvalue weighted by Gasteiger charge is -2.51. The van der Waals surface area contributed by atoms with Gasteiger partial charge in [-0.2, -0.15) is 0 Å². The molecule has 4 aliphatic rings. The molecule has 83 heavy (non-hydrogen) atoms. The summed E-state index contributed by atoms with van der Waals surface area (Å²) in [6, 6.07) is -4.64. The fraction of sp³-hybridized carbons (Fsp3) is 0.885. The highest BCUT2D eigenvalue weighted by Gasteiger charge is 2.62. The van der Waals surface area contributed by atoms with E-state index in [1.54, 1.807) is 6.08 Å². The Hall–Kier alpha value is -3.30. The van der Waals surface area contributed by atoms with E-state index < -0.39 is 216 Å². The molecule has 0 saturated carbocycles. The number of aliphatic hydroxyl groups excluding tert-OH is 14. The Labute approximate surface area is 479 Å². The molecule has 2 amide bonds. The van der Waals surface area contributed by atoms with E-state index in [1.165, 1.54) is 57.4 Å². The molecule has 20 N–H and O–H groups in total. The minimum absolute atomic E-state index is 0.423. The van der Waals surface area contributed by atoms with Crippen molar-refractivity contribution in [3.05, 3.63) is 12.2 Å². The maximum atomic E-state index is 13.4. The standard InChI is InChI=1S/C52H91N3O28/c1-4-5-6-7-8-9-10-11-12-13-14-15-16-17-28(62)27(53)24-76-47-41(70)40(69)43(34(23-59)78-47)79-48-42(71)46(38(67)32(21-57)77-48)83-52(50(74)75)19-30(64)36(55-26(3)61)45(82-52)39(68)33(22-58)80-51(49(72)73)18-29(63)35(54-25(2)60)44(81-51)37(66)31(65)20-56/h16-17,27-48,56-59,62-71H,4-15,18-24,53H2,1-3H3,(H,54,60)(H,55,61)(H,72,73)(H,74,75)/b17-16+/t27-,28+,29-,30-,31+,32+,33+,34+,35+,36+,37+,38-,39+,40+,41+,42+,43+,44+,45+,46-,47+,48-,51+,52-/m0/s1. The molecule has 31 heteroatoms. The number of aliphatic hydroxyl groups is 14. The quantitative estimate of drug-likeness (QED) is 0.0207. The van der Waals surface area contributed by atoms with E-state index in [9.17, 15) is 101 Å². The summed E-state index contributed by atoms with van der Waals surface area (Å²) in [7, 11) is 0. The van der Waals surface area contributed by atoms with Gasteiger partial charge in [-0.05, 0) is 12.8 Å². The molecule has 0 aromatic heterocycles. The molecule has 4 heterocycles. The van der Waals surface area contributed by atoms with Gasteiger partial charge in [-0.15, -0.1) is 0 Å². The molecule has 4 aliphatic heterocycles. The van der Waals surface area contributed by atoms with Crippen molar-refractivity contribution in [2.45, 2.75) is 257 Å². The van der Waals surface area contributed by atoms with Crippen molar-refractivity contribution < 1.29 is 139 Å². The molecule has 0 aromatic carbocycles. The number of amides is 2. The van der Waals surface area contributed by atoms with Gasteiger partial charge in [0, 0.05) is 26.7 Å². The number of carboxylic acids is 2. The summed E-state index contributed by atoms with van der Waals surface area (Å²) in [6.45, 7) is -1.000. The first kappa shape index (κ1) is 72.2. The average molecular weight is 1210 g/mol. The average Bonchev–Trinajstić information content (AvgIpc) is 1.77. The fourth-order valence-corrected chi connectivity index (χ4v) is 10.5. The van der Waals surface area contributed by atoms with Gasteiger partial charge < -0.3 is 136 Å². The van der Waals surface area contributed by atoms with E-state index in [-0.39, 0.29) is 0 Å². The molecular weight excluding hydrogens is 1110 g/mol. The van der Waals surface area contributed by atoms with Gasteiger partial charge in [-0.3, -0.25) is 9.59 Å². The summed E-state index contributed by atoms with van der Waals surface area (Å²) in [4.78, 5) is 51.0. The zero-order valence-corrected chi connectivity index (χ0v) is 46.9. The number of rotatable bonds is 35. The van der Waals surface area contributed by atoms with E-state index in [1.807, 2.05) is 0 Å². The minimum Gasteiger partial charge on any atom is -0.477 e. The summed E-state index contributed by atoms with van der Waals surface area (Å²) in [5, 5.41) is 179. The third kappa shape index (κ3) is 19.3. The topological polar surface area (TPSA) is 516 Å². The normalized spacial score (nSPS) is 36.4. The maximum Gasteiger partial charge on any atom is 0.364 e. The van der Waals surface area contributed by atoms with Crippen molar-refractivity contribution in [1.82, 2.24) is 10.6 Å². The van der Waals surface area contributed by atoms with Crippen molar-refractivity contribution >= 4 is 23.8 Å². The summed E-state index contributed by atoms with van der Waals surface area (Å²) in [5.74, 6) is -12.7. The number of allylic oxidation sites excluding steroid dienone is 1. The van der Waals surface area contributed by atoms with Crippen LogP contribution in [0.5, 0.6) is 0 Å². The molecule has 482 valence electrons. The van der Waals surface area contributed by atoms with Crippen LogP contribution >= 0.6 is 0 Å². The maximum absolute atomic E-state index is 13.4. The molecule has 0 unspecified atom stereocenters. The van der Waals surface area contributed by atoms with E-state index in [4.69, 9.17) is 43.6 Å². The third-order valence-electron chi connectivity index (χ3n) is 15.2. The zero-order chi connectivity index (χ0) is 61.9. The van der Waals surface area contributed by atoms with Gasteiger partial charge in [0.05, 0.1) is 69.5 Å². The van der Waals surface area contributed by atoms with Crippen molar-refractivity contribution in [2.75, 3.05) is 33.0 Å². The number of carbonyl (C=O) groups is 4. The number of carboxylic acid groups (broad SMARTS) is 2. The Balaban J connectivity index is 1.50. The van der Waals surface area contributed by atoms with Crippen molar-refractivity contribution in [3.63, 3.8) is 0 Å². The van der Waals surface area contributed by atoms with Gasteiger partial charge in [0.1, 0.15) is 85.5 Å². The van der Waals surface area contributed by atoms with E-state index in [2.05, 4.69) is 17.6 Å². The molecule has 0 radical (unpaired) electrons. The van der Waals surface area contributed by atoms with Gasteiger partial charge in [-0.1, -0.05) is 83.3 Å². The second kappa shape index (κ2) is 34.3. The van der Waals surface area contributed by atoms with Crippen LogP contribution in [0.4, 0.5) is 0 Å². The first-order valence-electron chi connectivity index (χ1n) is 28.2. The highest BCUT2D eigenvalue weighted by atomic mass is 16.8. The Kier molecular flexibility index (Phi) is 29.8. The Morgan fingerprint density at radius 3 is 1.65 bits per heavy atom. The first-order chi connectivity index (χ1) is 39.3. The first-order valence-corrected chi connectivity index (χ1v) is 28.2. The molecule has 0 aromatic rings. The molecule has 4 rings (SSSR count). The molecule has 24 atom stereocenters. The summed E-state index contributed by atoms with van der Waals surface area (Å²) >= 11 is 0. The van der Waals surface area contributed by atoms with E-state index in [0.29, 0.717) is 6.42 Å². The molecule has 4 fully saturated rings. The lowest BCUT2D eigenvalue weighted by atomic mass is 9.87. The molecular formula is C52H91N3O28. The van der Waals surface area contributed by atoms with Crippen molar-refractivity contribution in [3.8, 4) is 0 Å². The predicted octanol–water partition coefficient (Wildman–Crippen LogP) is -6.08. The number of hydrogen-bond donors (Lipinski definition) is 19. The van der Waals surface area contributed by atoms with Crippen molar-refractivity contribution in [2.24, 2.45) is 5.73 Å². The lowest BCUT2D eigenvalue weighted by Crippen LogP contribution is -2.72. The van der Waals surface area contributed by atoms with Crippen LogP contribution in [0.3, 0.4) is 0 Å². The van der Waals surface area contributed by atoms with Crippen LogP contribution in [0.2, 0.25) is 0 Å². The smallest absolute Gasteiger partial charge is 0.364 e. The van der Waals surface area contributed by atoms with Crippen LogP contribution < -0.4 is 16.4 Å². The SMILES string of the molecule is CCCCCCCCCCCCC/C=C/[C@@H](O)[C@@H](N)CO[C@@H]1O[C@H](CO)[C@@H](O[C@@H]2O[C@H](CO)[C@H](O)[C@H](O[C@]3(C(=O)O)C[C@H](O)[C@@H](NC(C)=O)[C@H]([C@H](O)[C@@H](CO)O[C@]4(C(=O)O)C[C@H](O)[C@@H](NC(C)=O)[C@H]([C@H](O)[C@H](O)CO)O4)O3)[C@H]2O)[C@H](O)[C@H]1O. The van der Waals surface area contributed by atoms with Crippen LogP contribution in [-0.4, -0.2) is 285 Å². The second-order valence-electron chi connectivity index (χ2n) is 21.7.